The van der Waals surface area contributed by atoms with Crippen molar-refractivity contribution < 1.29 is 9.69 Å². The van der Waals surface area contributed by atoms with E-state index in [-0.39, 0.29) is 11.9 Å². The fourth-order valence-electron chi connectivity index (χ4n) is 3.42. The number of amides is 1. The van der Waals surface area contributed by atoms with Crippen LogP contribution in [0, 0.1) is 0 Å². The molecule has 1 aromatic carbocycles. The molecule has 0 saturated carbocycles. The van der Waals surface area contributed by atoms with Gasteiger partial charge >= 0.3 is 0 Å². The van der Waals surface area contributed by atoms with Crippen LogP contribution in [0.25, 0.3) is 0 Å². The third-order valence-electron chi connectivity index (χ3n) is 5.09. The van der Waals surface area contributed by atoms with E-state index in [1.165, 1.54) is 10.5 Å². The first kappa shape index (κ1) is 18.3. The second-order valence-electron chi connectivity index (χ2n) is 7.15. The van der Waals surface area contributed by atoms with Gasteiger partial charge in [-0.05, 0) is 30.5 Å². The molecule has 1 atom stereocenters. The lowest BCUT2D eigenvalue weighted by atomic mass is 10.0. The van der Waals surface area contributed by atoms with Gasteiger partial charge in [0.05, 0.1) is 26.2 Å². The van der Waals surface area contributed by atoms with Crippen molar-refractivity contribution in [2.45, 2.75) is 32.7 Å². The van der Waals surface area contributed by atoms with Crippen molar-refractivity contribution in [1.82, 2.24) is 9.97 Å². The van der Waals surface area contributed by atoms with Crippen LogP contribution in [0.1, 0.15) is 32.3 Å². The SMILES string of the molecule is CC(C)c1ccccc1NC(=O)[C@H](C)[NH+]1CCN(c2ncccn2)CC1. The van der Waals surface area contributed by atoms with E-state index in [0.29, 0.717) is 5.92 Å². The van der Waals surface area contributed by atoms with Crippen LogP contribution in [0.15, 0.2) is 42.7 Å². The van der Waals surface area contributed by atoms with Gasteiger partial charge in [-0.15, -0.1) is 0 Å². The van der Waals surface area contributed by atoms with Crippen LogP contribution in [-0.2, 0) is 4.79 Å². The molecule has 2 aromatic rings. The maximum absolute atomic E-state index is 12.8. The number of rotatable bonds is 5. The maximum atomic E-state index is 12.8. The molecule has 0 unspecified atom stereocenters. The van der Waals surface area contributed by atoms with Gasteiger partial charge in [-0.1, -0.05) is 32.0 Å². The van der Waals surface area contributed by atoms with Crippen LogP contribution < -0.4 is 15.1 Å². The summed E-state index contributed by atoms with van der Waals surface area (Å²) in [7, 11) is 0. The number of nitrogens with zero attached hydrogens (tertiary/aromatic N) is 3. The molecule has 6 heteroatoms. The summed E-state index contributed by atoms with van der Waals surface area (Å²) in [5.74, 6) is 1.23. The molecule has 0 aliphatic carbocycles. The number of nitrogens with one attached hydrogen (secondary N) is 2. The molecular formula is C20H28N5O+. The number of anilines is 2. The molecule has 1 amide bonds. The third kappa shape index (κ3) is 4.19. The summed E-state index contributed by atoms with van der Waals surface area (Å²) in [4.78, 5) is 24.9. The Morgan fingerprint density at radius 3 is 2.38 bits per heavy atom. The minimum Gasteiger partial charge on any atom is -0.330 e. The highest BCUT2D eigenvalue weighted by molar-refractivity contribution is 5.94. The van der Waals surface area contributed by atoms with Crippen LogP contribution in [0.4, 0.5) is 11.6 Å². The molecule has 1 aliphatic rings. The quantitative estimate of drug-likeness (QED) is 0.850. The molecule has 138 valence electrons. The van der Waals surface area contributed by atoms with Crippen LogP contribution in [0.2, 0.25) is 0 Å². The topological polar surface area (TPSA) is 62.6 Å². The predicted octanol–water partition coefficient (Wildman–Crippen LogP) is 1.33. The Morgan fingerprint density at radius 1 is 1.08 bits per heavy atom. The summed E-state index contributed by atoms with van der Waals surface area (Å²) >= 11 is 0. The molecule has 1 aliphatic heterocycles. The highest BCUT2D eigenvalue weighted by Crippen LogP contribution is 2.23. The molecule has 0 spiro atoms. The number of hydrogen-bond acceptors (Lipinski definition) is 4. The zero-order valence-corrected chi connectivity index (χ0v) is 15.8. The first-order chi connectivity index (χ1) is 12.6. The second kappa shape index (κ2) is 8.27. The first-order valence-electron chi connectivity index (χ1n) is 9.32. The van der Waals surface area contributed by atoms with E-state index in [9.17, 15) is 4.79 Å². The summed E-state index contributed by atoms with van der Waals surface area (Å²) < 4.78 is 0. The van der Waals surface area contributed by atoms with Gasteiger partial charge in [0.2, 0.25) is 5.95 Å². The number of benzene rings is 1. The summed E-state index contributed by atoms with van der Waals surface area (Å²) in [6, 6.07) is 9.79. The number of carbonyl (C=O) groups excluding carboxylic acids is 1. The predicted molar refractivity (Wildman–Crippen MR) is 104 cm³/mol. The molecule has 1 saturated heterocycles. The van der Waals surface area contributed by atoms with Crippen molar-refractivity contribution in [1.29, 1.82) is 0 Å². The molecule has 2 N–H and O–H groups in total. The largest absolute Gasteiger partial charge is 0.330 e. The van der Waals surface area contributed by atoms with Crippen molar-refractivity contribution in [3.05, 3.63) is 48.3 Å². The zero-order valence-electron chi connectivity index (χ0n) is 15.8. The Bertz CT molecular complexity index is 726. The lowest BCUT2D eigenvalue weighted by Crippen LogP contribution is -3.19. The van der Waals surface area contributed by atoms with Crippen molar-refractivity contribution >= 4 is 17.5 Å². The van der Waals surface area contributed by atoms with Crippen LogP contribution in [0.3, 0.4) is 0 Å². The van der Waals surface area contributed by atoms with Crippen LogP contribution in [-0.4, -0.2) is 48.1 Å². The lowest BCUT2D eigenvalue weighted by molar-refractivity contribution is -0.914. The van der Waals surface area contributed by atoms with Crippen LogP contribution >= 0.6 is 0 Å². The van der Waals surface area contributed by atoms with E-state index >= 15 is 0 Å². The Labute approximate surface area is 155 Å². The van der Waals surface area contributed by atoms with Gasteiger partial charge in [0, 0.05) is 18.1 Å². The van der Waals surface area contributed by atoms with Gasteiger partial charge in [0.1, 0.15) is 0 Å². The molecule has 0 radical (unpaired) electrons. The van der Waals surface area contributed by atoms with E-state index in [4.69, 9.17) is 0 Å². The van der Waals surface area contributed by atoms with Gasteiger partial charge in [-0.2, -0.15) is 0 Å². The molecule has 1 aromatic heterocycles. The Balaban J connectivity index is 1.58. The van der Waals surface area contributed by atoms with Crippen LogP contribution in [0.5, 0.6) is 0 Å². The summed E-state index contributed by atoms with van der Waals surface area (Å²) in [5, 5.41) is 3.13. The van der Waals surface area contributed by atoms with Crippen molar-refractivity contribution in [3.8, 4) is 0 Å². The molecule has 0 bridgehead atoms. The van der Waals surface area contributed by atoms with Gasteiger partial charge in [0.15, 0.2) is 6.04 Å². The van der Waals surface area contributed by atoms with E-state index in [0.717, 1.165) is 37.8 Å². The third-order valence-corrected chi connectivity index (χ3v) is 5.09. The normalized spacial score (nSPS) is 16.5. The number of carbonyl (C=O) groups is 1. The van der Waals surface area contributed by atoms with Crippen molar-refractivity contribution in [3.63, 3.8) is 0 Å². The number of para-hydroxylation sites is 1. The van der Waals surface area contributed by atoms with E-state index in [1.807, 2.05) is 31.2 Å². The first-order valence-corrected chi connectivity index (χ1v) is 9.32. The fourth-order valence-corrected chi connectivity index (χ4v) is 3.42. The van der Waals surface area contributed by atoms with E-state index in [1.54, 1.807) is 12.4 Å². The maximum Gasteiger partial charge on any atom is 0.282 e. The minimum atomic E-state index is -0.0888. The smallest absolute Gasteiger partial charge is 0.282 e. The number of piperazine rings is 1. The number of quaternary nitrogens is 1. The molecular weight excluding hydrogens is 326 g/mol. The van der Waals surface area contributed by atoms with E-state index < -0.39 is 0 Å². The Hall–Kier alpha value is -2.47. The average Bonchev–Trinajstić information content (AvgIpc) is 2.68. The standard InChI is InChI=1S/C20H27N5O/c1-15(2)17-7-4-5-8-18(17)23-19(26)16(3)24-11-13-25(14-12-24)20-21-9-6-10-22-20/h4-10,15-16H,11-14H2,1-3H3,(H,23,26)/p+1/t16-/m0/s1. The molecule has 3 rings (SSSR count). The lowest BCUT2D eigenvalue weighted by Gasteiger charge is -2.34. The molecule has 6 nitrogen and oxygen atoms in total. The summed E-state index contributed by atoms with van der Waals surface area (Å²) in [6.45, 7) is 9.82. The Kier molecular flexibility index (Phi) is 5.83. The average molecular weight is 354 g/mol. The van der Waals surface area contributed by atoms with Crippen molar-refractivity contribution in [2.24, 2.45) is 0 Å². The van der Waals surface area contributed by atoms with Gasteiger partial charge < -0.3 is 15.1 Å². The summed E-state index contributed by atoms with van der Waals surface area (Å²) in [5.41, 5.74) is 2.10. The Morgan fingerprint density at radius 2 is 1.73 bits per heavy atom. The number of hydrogen-bond donors (Lipinski definition) is 2. The zero-order chi connectivity index (χ0) is 18.5. The molecule has 1 fully saturated rings. The molecule has 2 heterocycles. The monoisotopic (exact) mass is 354 g/mol. The van der Waals surface area contributed by atoms with Gasteiger partial charge in [-0.3, -0.25) is 4.79 Å². The second-order valence-corrected chi connectivity index (χ2v) is 7.15. The fraction of sp³-hybridized carbons (Fsp3) is 0.450. The highest BCUT2D eigenvalue weighted by atomic mass is 16.2. The highest BCUT2D eigenvalue weighted by Gasteiger charge is 2.30. The van der Waals surface area contributed by atoms with Gasteiger partial charge in [0.25, 0.3) is 5.91 Å². The number of aromatic nitrogens is 2. The van der Waals surface area contributed by atoms with E-state index in [2.05, 4.69) is 40.1 Å². The molecule has 26 heavy (non-hydrogen) atoms. The minimum absolute atomic E-state index is 0.0810. The van der Waals surface area contributed by atoms with Gasteiger partial charge in [-0.25, -0.2) is 9.97 Å². The van der Waals surface area contributed by atoms with Crippen molar-refractivity contribution in [2.75, 3.05) is 36.4 Å². The summed E-state index contributed by atoms with van der Waals surface area (Å²) in [6.07, 6.45) is 3.54.